The van der Waals surface area contributed by atoms with Crippen LogP contribution in [0.5, 0.6) is 0 Å². The Morgan fingerprint density at radius 1 is 1.08 bits per heavy atom. The predicted molar refractivity (Wildman–Crippen MR) is 40.1 cm³/mol. The quantitative estimate of drug-likeness (QED) is 0.320. The first-order valence-electron chi connectivity index (χ1n) is 2.52. The topological polar surface area (TPSA) is 155 Å². The third-order valence-corrected chi connectivity index (χ3v) is 0.368. The summed E-state index contributed by atoms with van der Waals surface area (Å²) in [4.78, 5) is 19.1. The van der Waals surface area contributed by atoms with Crippen molar-refractivity contribution >= 4 is 22.2 Å². The number of hydrogen-bond donors (Lipinski definition) is 4. The second-order valence-corrected chi connectivity index (χ2v) is 2.55. The molecule has 13 heavy (non-hydrogen) atoms. The number of carbonyl (C=O) groups is 2. The molecule has 0 bridgehead atoms. The number of rotatable bonds is 2. The van der Waals surface area contributed by atoms with Crippen molar-refractivity contribution in [3.63, 3.8) is 0 Å². The minimum atomic E-state index is -4.17. The molecule has 0 spiro atoms. The number of aliphatic carboxylic acids is 2. The fraction of sp³-hybridized carbons (Fsp3) is 0. The molecule has 0 aromatic carbocycles. The van der Waals surface area contributed by atoms with Crippen molar-refractivity contribution in [1.82, 2.24) is 0 Å². The largest absolute Gasteiger partial charge is 0.478 e. The van der Waals surface area contributed by atoms with E-state index in [1.807, 2.05) is 0 Å². The first kappa shape index (κ1) is 14.1. The zero-order valence-corrected chi connectivity index (χ0v) is 6.93. The maximum absolute atomic E-state index is 9.55. The summed E-state index contributed by atoms with van der Waals surface area (Å²) in [6.45, 7) is 0. The molecular weight excluding hydrogens is 206 g/mol. The number of carboxylic acid groups (broad SMARTS) is 2. The van der Waals surface area contributed by atoms with E-state index < -0.39 is 22.2 Å². The van der Waals surface area contributed by atoms with Gasteiger partial charge < -0.3 is 10.2 Å². The third kappa shape index (κ3) is 61.2. The highest BCUT2D eigenvalue weighted by molar-refractivity contribution is 7.83. The third-order valence-electron chi connectivity index (χ3n) is 0.368. The fourth-order valence-corrected chi connectivity index (χ4v) is 0.143. The van der Waals surface area contributed by atoms with Gasteiger partial charge in [0.25, 0.3) is 0 Å². The Morgan fingerprint density at radius 3 is 1.31 bits per heavy atom. The van der Waals surface area contributed by atoms with Gasteiger partial charge in [-0.1, -0.05) is 0 Å². The van der Waals surface area contributed by atoms with E-state index in [0.29, 0.717) is 12.2 Å². The summed E-state index contributed by atoms with van der Waals surface area (Å²) in [6.07, 6.45) is 1.12. The van der Waals surface area contributed by atoms with E-state index in [-0.39, 0.29) is 0 Å². The Bertz CT molecular complexity index is 278. The van der Waals surface area contributed by atoms with Gasteiger partial charge in [0.05, 0.1) is 0 Å². The van der Waals surface area contributed by atoms with Crippen LogP contribution in [0.1, 0.15) is 0 Å². The molecule has 0 unspecified atom stereocenters. The van der Waals surface area contributed by atoms with Gasteiger partial charge in [-0.15, -0.1) is 0 Å². The van der Waals surface area contributed by atoms with Crippen LogP contribution >= 0.6 is 0 Å². The van der Waals surface area contributed by atoms with Gasteiger partial charge in [0.2, 0.25) is 0 Å². The Balaban J connectivity index is 0. The molecule has 0 aliphatic rings. The molecule has 9 heteroatoms. The first-order valence-corrected chi connectivity index (χ1v) is 4.02. The maximum atomic E-state index is 9.55. The molecular formula is C4H7NO7S. The van der Waals surface area contributed by atoms with Crippen LogP contribution in [0.15, 0.2) is 12.2 Å². The molecule has 0 amide bonds. The van der Waals surface area contributed by atoms with E-state index in [1.54, 1.807) is 0 Å². The highest BCUT2D eigenvalue weighted by atomic mass is 32.2. The summed E-state index contributed by atoms with van der Waals surface area (Å²) in [6, 6.07) is 0. The summed E-state index contributed by atoms with van der Waals surface area (Å²) in [5.74, 6) is -2.51. The molecule has 0 fully saturated rings. The normalized spacial score (nSPS) is 10.3. The fourth-order valence-electron chi connectivity index (χ4n) is 0.143. The van der Waals surface area contributed by atoms with Crippen LogP contribution in [0.3, 0.4) is 0 Å². The standard InChI is InChI=1S/C4H4O4.H3NO3S/c5-3(6)1-2-4(7)8;1-5(2,3)4/h1-2H,(H,5,6)(H,7,8);(H3,1,2,3,4). The Morgan fingerprint density at radius 2 is 1.23 bits per heavy atom. The molecule has 0 aliphatic carbocycles. The van der Waals surface area contributed by atoms with Gasteiger partial charge >= 0.3 is 22.2 Å². The van der Waals surface area contributed by atoms with Crippen molar-refractivity contribution in [3.8, 4) is 0 Å². The minimum absolute atomic E-state index is 0.558. The van der Waals surface area contributed by atoms with Crippen LogP contribution in [0.25, 0.3) is 0 Å². The van der Waals surface area contributed by atoms with E-state index in [1.165, 1.54) is 0 Å². The van der Waals surface area contributed by atoms with E-state index in [0.717, 1.165) is 0 Å². The molecule has 5 N–H and O–H groups in total. The minimum Gasteiger partial charge on any atom is -0.478 e. The molecule has 0 radical (unpaired) electrons. The van der Waals surface area contributed by atoms with E-state index in [2.05, 4.69) is 5.14 Å². The number of hydrogen-bond acceptors (Lipinski definition) is 4. The molecule has 0 aromatic rings. The summed E-state index contributed by atoms with van der Waals surface area (Å²) >= 11 is 0. The molecule has 0 aliphatic heterocycles. The van der Waals surface area contributed by atoms with Crippen LogP contribution in [0.2, 0.25) is 0 Å². The van der Waals surface area contributed by atoms with Crippen molar-refractivity contribution in [1.29, 1.82) is 0 Å². The van der Waals surface area contributed by atoms with Crippen LogP contribution in [0.4, 0.5) is 0 Å². The lowest BCUT2D eigenvalue weighted by molar-refractivity contribution is -0.134. The van der Waals surface area contributed by atoms with Crippen LogP contribution in [0, 0.1) is 0 Å². The zero-order chi connectivity index (χ0) is 11.1. The van der Waals surface area contributed by atoms with Gasteiger partial charge in [0.1, 0.15) is 0 Å². The average molecular weight is 213 g/mol. The number of carboxylic acids is 2. The lowest BCUT2D eigenvalue weighted by Gasteiger charge is -1.74. The van der Waals surface area contributed by atoms with Crippen molar-refractivity contribution in [2.75, 3.05) is 0 Å². The van der Waals surface area contributed by atoms with Gasteiger partial charge in [-0.2, -0.15) is 8.42 Å². The van der Waals surface area contributed by atoms with Crippen molar-refractivity contribution in [2.45, 2.75) is 0 Å². The molecule has 8 nitrogen and oxygen atoms in total. The summed E-state index contributed by atoms with van der Waals surface area (Å²) < 4.78 is 25.2. The summed E-state index contributed by atoms with van der Waals surface area (Å²) in [7, 11) is -4.17. The molecule has 0 atom stereocenters. The van der Waals surface area contributed by atoms with Gasteiger partial charge in [0, 0.05) is 12.2 Å². The smallest absolute Gasteiger partial charge is 0.330 e. The Kier molecular flexibility index (Phi) is 6.62. The van der Waals surface area contributed by atoms with E-state index >= 15 is 0 Å². The zero-order valence-electron chi connectivity index (χ0n) is 6.11. The molecule has 0 saturated heterocycles. The van der Waals surface area contributed by atoms with E-state index in [9.17, 15) is 9.59 Å². The van der Waals surface area contributed by atoms with E-state index in [4.69, 9.17) is 23.2 Å². The Hall–Kier alpha value is -1.45. The van der Waals surface area contributed by atoms with Gasteiger partial charge in [-0.05, 0) is 0 Å². The second-order valence-electron chi connectivity index (χ2n) is 1.52. The average Bonchev–Trinajstić information content (AvgIpc) is 1.79. The van der Waals surface area contributed by atoms with Crippen LogP contribution < -0.4 is 5.14 Å². The molecule has 76 valence electrons. The van der Waals surface area contributed by atoms with Crippen molar-refractivity contribution in [2.24, 2.45) is 5.14 Å². The van der Waals surface area contributed by atoms with Gasteiger partial charge in [-0.3, -0.25) is 4.55 Å². The van der Waals surface area contributed by atoms with Crippen molar-refractivity contribution in [3.05, 3.63) is 12.2 Å². The molecule has 0 aromatic heterocycles. The lowest BCUT2D eigenvalue weighted by Crippen LogP contribution is -2.08. The SMILES string of the molecule is NS(=O)(=O)O.O=C(O)C=CC(=O)O. The highest BCUT2D eigenvalue weighted by Crippen LogP contribution is 1.70. The summed E-state index contributed by atoms with van der Waals surface area (Å²) in [5, 5.41) is 19.5. The Labute approximate surface area is 73.2 Å². The van der Waals surface area contributed by atoms with Gasteiger partial charge in [0.15, 0.2) is 0 Å². The molecule has 0 rings (SSSR count). The van der Waals surface area contributed by atoms with Crippen LogP contribution in [-0.2, 0) is 19.9 Å². The predicted octanol–water partition coefficient (Wildman–Crippen LogP) is -1.54. The second kappa shape index (κ2) is 6.11. The summed E-state index contributed by atoms with van der Waals surface area (Å²) in [5.41, 5.74) is 0. The monoisotopic (exact) mass is 213 g/mol. The number of nitrogens with two attached hydrogens (primary N) is 1. The first-order chi connectivity index (χ1) is 5.63. The maximum Gasteiger partial charge on any atom is 0.330 e. The van der Waals surface area contributed by atoms with Gasteiger partial charge in [-0.25, -0.2) is 14.7 Å². The highest BCUT2D eigenvalue weighted by Gasteiger charge is 1.88. The lowest BCUT2D eigenvalue weighted by atomic mass is 10.5. The van der Waals surface area contributed by atoms with Crippen molar-refractivity contribution < 1.29 is 32.8 Å². The molecule has 0 heterocycles. The van der Waals surface area contributed by atoms with Crippen LogP contribution in [-0.4, -0.2) is 35.1 Å². The molecule has 0 saturated carbocycles.